The molecule has 2 rings (SSSR count). The maximum Gasteiger partial charge on any atom is 0.233 e. The van der Waals surface area contributed by atoms with Crippen LogP contribution in [-0.4, -0.2) is 6.29 Å². The van der Waals surface area contributed by atoms with E-state index in [2.05, 4.69) is 6.07 Å². The van der Waals surface area contributed by atoms with Crippen LogP contribution in [0, 0.1) is 11.3 Å². The van der Waals surface area contributed by atoms with Gasteiger partial charge in [-0.1, -0.05) is 37.5 Å². The highest BCUT2D eigenvalue weighted by molar-refractivity contribution is 5.75. The summed E-state index contributed by atoms with van der Waals surface area (Å²) in [6.07, 6.45) is 7.12. The van der Waals surface area contributed by atoms with Crippen LogP contribution in [-0.2, 0) is 10.2 Å². The summed E-state index contributed by atoms with van der Waals surface area (Å²) >= 11 is 0. The molecule has 0 aliphatic heterocycles. The zero-order valence-corrected chi connectivity index (χ0v) is 9.20. The first-order valence-corrected chi connectivity index (χ1v) is 5.71. The Morgan fingerprint density at radius 2 is 1.94 bits per heavy atom. The smallest absolute Gasteiger partial charge is 0.233 e. The first kappa shape index (κ1) is 10.9. The SMILES string of the molecule is N#CC1(c2cccc([C]=O)c2)CCCCC1. The van der Waals surface area contributed by atoms with Gasteiger partial charge in [-0.25, -0.2) is 0 Å². The van der Waals surface area contributed by atoms with Gasteiger partial charge in [0.1, 0.15) is 0 Å². The Morgan fingerprint density at radius 3 is 2.56 bits per heavy atom. The van der Waals surface area contributed by atoms with Gasteiger partial charge in [0.2, 0.25) is 6.29 Å². The monoisotopic (exact) mass is 212 g/mol. The fourth-order valence-corrected chi connectivity index (χ4v) is 2.50. The first-order valence-electron chi connectivity index (χ1n) is 5.71. The van der Waals surface area contributed by atoms with Crippen LogP contribution < -0.4 is 0 Å². The maximum absolute atomic E-state index is 10.6. The highest BCUT2D eigenvalue weighted by atomic mass is 16.1. The lowest BCUT2D eigenvalue weighted by Gasteiger charge is -2.31. The molecule has 1 aliphatic rings. The Hall–Kier alpha value is -1.62. The standard InChI is InChI=1S/C14H14NO/c15-11-14(7-2-1-3-8-14)13-6-4-5-12(9-13)10-16/h4-6,9H,1-3,7-8H2. The summed E-state index contributed by atoms with van der Waals surface area (Å²) in [4.78, 5) is 10.6. The van der Waals surface area contributed by atoms with Crippen molar-refractivity contribution in [3.8, 4) is 6.07 Å². The molecule has 81 valence electrons. The average Bonchev–Trinajstić information content (AvgIpc) is 2.39. The molecule has 1 radical (unpaired) electrons. The molecule has 2 nitrogen and oxygen atoms in total. The molecule has 0 aromatic heterocycles. The van der Waals surface area contributed by atoms with Crippen molar-refractivity contribution in [1.29, 1.82) is 5.26 Å². The van der Waals surface area contributed by atoms with Crippen molar-refractivity contribution in [3.05, 3.63) is 35.4 Å². The third kappa shape index (κ3) is 1.86. The average molecular weight is 212 g/mol. The van der Waals surface area contributed by atoms with E-state index in [1.165, 1.54) is 6.42 Å². The summed E-state index contributed by atoms with van der Waals surface area (Å²) in [5, 5.41) is 9.41. The molecule has 0 amide bonds. The molecular formula is C14H14NO. The van der Waals surface area contributed by atoms with Gasteiger partial charge in [-0.3, -0.25) is 4.79 Å². The van der Waals surface area contributed by atoms with Crippen LogP contribution in [0.15, 0.2) is 24.3 Å². The van der Waals surface area contributed by atoms with E-state index in [0.29, 0.717) is 5.56 Å². The molecule has 0 saturated heterocycles. The highest BCUT2D eigenvalue weighted by Crippen LogP contribution is 2.38. The summed E-state index contributed by atoms with van der Waals surface area (Å²) < 4.78 is 0. The Labute approximate surface area is 95.9 Å². The molecule has 0 spiro atoms. The molecule has 0 N–H and O–H groups in total. The predicted octanol–water partition coefficient (Wildman–Crippen LogP) is 2.87. The van der Waals surface area contributed by atoms with Crippen LogP contribution >= 0.6 is 0 Å². The lowest BCUT2D eigenvalue weighted by molar-refractivity contribution is 0.366. The fourth-order valence-electron chi connectivity index (χ4n) is 2.50. The van der Waals surface area contributed by atoms with E-state index in [9.17, 15) is 10.1 Å². The Morgan fingerprint density at radius 1 is 1.19 bits per heavy atom. The molecule has 1 fully saturated rings. The molecule has 0 atom stereocenters. The first-order chi connectivity index (χ1) is 7.80. The fraction of sp³-hybridized carbons (Fsp3) is 0.429. The van der Waals surface area contributed by atoms with Gasteiger partial charge < -0.3 is 0 Å². The van der Waals surface area contributed by atoms with Crippen molar-refractivity contribution in [3.63, 3.8) is 0 Å². The molecule has 1 aromatic carbocycles. The quantitative estimate of drug-likeness (QED) is 0.756. The third-order valence-electron chi connectivity index (χ3n) is 3.45. The van der Waals surface area contributed by atoms with Crippen molar-refractivity contribution in [2.75, 3.05) is 0 Å². The summed E-state index contributed by atoms with van der Waals surface area (Å²) in [7, 11) is 0. The second-order valence-corrected chi connectivity index (χ2v) is 4.44. The number of nitriles is 1. The highest BCUT2D eigenvalue weighted by Gasteiger charge is 2.33. The van der Waals surface area contributed by atoms with Crippen LogP contribution in [0.1, 0.15) is 43.2 Å². The molecule has 0 heterocycles. The predicted molar refractivity (Wildman–Crippen MR) is 61.6 cm³/mol. The summed E-state index contributed by atoms with van der Waals surface area (Å²) in [6, 6.07) is 9.78. The lowest BCUT2D eigenvalue weighted by atomic mass is 9.70. The summed E-state index contributed by atoms with van der Waals surface area (Å²) in [5.41, 5.74) is 1.15. The second kappa shape index (κ2) is 4.49. The maximum atomic E-state index is 10.6. The van der Waals surface area contributed by atoms with Crippen LogP contribution in [0.4, 0.5) is 0 Å². The van der Waals surface area contributed by atoms with Gasteiger partial charge in [-0.05, 0) is 24.5 Å². The van der Waals surface area contributed by atoms with E-state index >= 15 is 0 Å². The minimum absolute atomic E-state index is 0.370. The molecule has 1 aliphatic carbocycles. The zero-order chi connectivity index (χ0) is 11.4. The number of nitrogens with zero attached hydrogens (tertiary/aromatic N) is 1. The number of rotatable bonds is 2. The van der Waals surface area contributed by atoms with Gasteiger partial charge >= 0.3 is 0 Å². The van der Waals surface area contributed by atoms with E-state index in [0.717, 1.165) is 31.2 Å². The lowest BCUT2D eigenvalue weighted by Crippen LogP contribution is -2.27. The Kier molecular flexibility index (Phi) is 3.05. The normalized spacial score (nSPS) is 18.7. The van der Waals surface area contributed by atoms with E-state index in [4.69, 9.17) is 0 Å². The van der Waals surface area contributed by atoms with E-state index in [-0.39, 0.29) is 5.41 Å². The molecular weight excluding hydrogens is 198 g/mol. The molecule has 1 aromatic rings. The van der Waals surface area contributed by atoms with Crippen LogP contribution in [0.3, 0.4) is 0 Å². The zero-order valence-electron chi connectivity index (χ0n) is 9.20. The minimum atomic E-state index is -0.370. The van der Waals surface area contributed by atoms with Gasteiger partial charge in [0.05, 0.1) is 11.5 Å². The number of hydrogen-bond donors (Lipinski definition) is 0. The number of carbonyl (C=O) groups excluding carboxylic acids is 1. The molecule has 1 saturated carbocycles. The van der Waals surface area contributed by atoms with E-state index in [1.54, 1.807) is 6.07 Å². The molecule has 0 unspecified atom stereocenters. The topological polar surface area (TPSA) is 40.9 Å². The number of benzene rings is 1. The van der Waals surface area contributed by atoms with Gasteiger partial charge in [0, 0.05) is 5.56 Å². The molecule has 2 heteroatoms. The minimum Gasteiger partial charge on any atom is -0.285 e. The second-order valence-electron chi connectivity index (χ2n) is 4.44. The van der Waals surface area contributed by atoms with Crippen LogP contribution in [0.25, 0.3) is 0 Å². The molecule has 0 bridgehead atoms. The van der Waals surface area contributed by atoms with Gasteiger partial charge in [0.25, 0.3) is 0 Å². The summed E-state index contributed by atoms with van der Waals surface area (Å²) in [6.45, 7) is 0. The number of hydrogen-bond acceptors (Lipinski definition) is 2. The van der Waals surface area contributed by atoms with Crippen molar-refractivity contribution in [1.82, 2.24) is 0 Å². The van der Waals surface area contributed by atoms with Gasteiger partial charge in [0.15, 0.2) is 0 Å². The van der Waals surface area contributed by atoms with Crippen LogP contribution in [0.5, 0.6) is 0 Å². The van der Waals surface area contributed by atoms with E-state index in [1.807, 2.05) is 24.5 Å². The van der Waals surface area contributed by atoms with Crippen molar-refractivity contribution in [2.24, 2.45) is 0 Å². The third-order valence-corrected chi connectivity index (χ3v) is 3.45. The van der Waals surface area contributed by atoms with Gasteiger partial charge in [-0.15, -0.1) is 0 Å². The van der Waals surface area contributed by atoms with E-state index < -0.39 is 0 Å². The van der Waals surface area contributed by atoms with Crippen molar-refractivity contribution in [2.45, 2.75) is 37.5 Å². The molecule has 16 heavy (non-hydrogen) atoms. The van der Waals surface area contributed by atoms with Crippen molar-refractivity contribution < 1.29 is 4.79 Å². The van der Waals surface area contributed by atoms with Crippen molar-refractivity contribution >= 4 is 6.29 Å². The van der Waals surface area contributed by atoms with Crippen LogP contribution in [0.2, 0.25) is 0 Å². The largest absolute Gasteiger partial charge is 0.285 e. The summed E-state index contributed by atoms with van der Waals surface area (Å²) in [5.74, 6) is 0. The Balaban J connectivity index is 2.39. The van der Waals surface area contributed by atoms with Gasteiger partial charge in [-0.2, -0.15) is 5.26 Å². The Bertz CT molecular complexity index is 425.